The van der Waals surface area contributed by atoms with Crippen molar-refractivity contribution in [2.45, 2.75) is 429 Å². The van der Waals surface area contributed by atoms with E-state index in [-0.39, 0.29) is 18.5 Å². The van der Waals surface area contributed by atoms with Gasteiger partial charge in [0.25, 0.3) is 0 Å². The maximum atomic E-state index is 13.1. The summed E-state index contributed by atoms with van der Waals surface area (Å²) < 4.78 is 16.7. The Bertz CT molecular complexity index is 1570. The van der Waals surface area contributed by atoms with Gasteiger partial charge in [-0.2, -0.15) is 0 Å². The highest BCUT2D eigenvalue weighted by molar-refractivity contribution is 5.76. The van der Waals surface area contributed by atoms with E-state index in [0.29, 0.717) is 19.4 Å². The molecule has 0 bridgehead atoms. The zero-order valence-corrected chi connectivity index (χ0v) is 58.4. The van der Waals surface area contributed by atoms with Crippen molar-refractivity contribution in [2.24, 2.45) is 0 Å². The van der Waals surface area contributed by atoms with E-state index in [1.165, 1.54) is 302 Å². The van der Waals surface area contributed by atoms with Gasteiger partial charge in [-0.05, 0) is 77.0 Å². The molecule has 0 aromatic heterocycles. The van der Waals surface area contributed by atoms with E-state index in [1.807, 2.05) is 6.08 Å². The third-order valence-corrected chi connectivity index (χ3v) is 18.5. The van der Waals surface area contributed by atoms with E-state index in [9.17, 15) is 35.1 Å². The van der Waals surface area contributed by atoms with Crippen LogP contribution in [0.5, 0.6) is 0 Å². The minimum atomic E-state index is -1.57. The lowest BCUT2D eigenvalue weighted by atomic mass is 9.99. The topological polar surface area (TPSA) is 175 Å². The van der Waals surface area contributed by atoms with Crippen LogP contribution in [0.3, 0.4) is 0 Å². The van der Waals surface area contributed by atoms with Crippen LogP contribution in [0, 0.1) is 0 Å². The van der Waals surface area contributed by atoms with Crippen LogP contribution < -0.4 is 5.32 Å². The first-order valence-corrected chi connectivity index (χ1v) is 38.8. The molecule has 0 aliphatic carbocycles. The molecule has 524 valence electrons. The van der Waals surface area contributed by atoms with E-state index in [2.05, 4.69) is 43.5 Å². The van der Waals surface area contributed by atoms with Crippen molar-refractivity contribution in [2.75, 3.05) is 19.8 Å². The van der Waals surface area contributed by atoms with Crippen molar-refractivity contribution in [3.05, 3.63) is 36.5 Å². The van der Waals surface area contributed by atoms with Crippen LogP contribution in [0.25, 0.3) is 0 Å². The lowest BCUT2D eigenvalue weighted by Gasteiger charge is -2.40. The van der Waals surface area contributed by atoms with Crippen LogP contribution in [-0.4, -0.2) is 100 Å². The highest BCUT2D eigenvalue weighted by atomic mass is 16.7. The average Bonchev–Trinajstić information content (AvgIpc) is 2.25. The first-order valence-electron chi connectivity index (χ1n) is 38.8. The summed E-state index contributed by atoms with van der Waals surface area (Å²) in [5.74, 6) is -0.170. The molecule has 1 aliphatic rings. The average molecular weight is 1260 g/mol. The molecule has 11 nitrogen and oxygen atoms in total. The van der Waals surface area contributed by atoms with Crippen molar-refractivity contribution in [1.29, 1.82) is 0 Å². The van der Waals surface area contributed by atoms with Crippen molar-refractivity contribution >= 4 is 11.9 Å². The summed E-state index contributed by atoms with van der Waals surface area (Å²) in [6.07, 6.45) is 77.5. The molecule has 0 aromatic carbocycles. The molecule has 0 spiro atoms. The molecular formula is C78H147NO10. The van der Waals surface area contributed by atoms with E-state index in [4.69, 9.17) is 14.2 Å². The third-order valence-electron chi connectivity index (χ3n) is 18.5. The van der Waals surface area contributed by atoms with Gasteiger partial charge in [-0.25, -0.2) is 0 Å². The number of ether oxygens (including phenoxy) is 3. The number of nitrogens with one attached hydrogen (secondary N) is 1. The largest absolute Gasteiger partial charge is 0.466 e. The molecule has 1 saturated heterocycles. The lowest BCUT2D eigenvalue weighted by molar-refractivity contribution is -0.302. The number of esters is 1. The maximum Gasteiger partial charge on any atom is 0.305 e. The Hall–Kier alpha value is -2.12. The van der Waals surface area contributed by atoms with Crippen molar-refractivity contribution < 1.29 is 49.3 Å². The summed E-state index contributed by atoms with van der Waals surface area (Å²) in [5, 5.41) is 54.5. The van der Waals surface area contributed by atoms with Crippen molar-refractivity contribution in [3.63, 3.8) is 0 Å². The molecule has 11 heteroatoms. The van der Waals surface area contributed by atoms with E-state index in [0.717, 1.165) is 57.8 Å². The van der Waals surface area contributed by atoms with Crippen LogP contribution >= 0.6 is 0 Å². The number of amides is 1. The number of unbranched alkanes of at least 4 members (excludes halogenated alkanes) is 51. The minimum absolute atomic E-state index is 0.00593. The molecule has 0 aromatic rings. The van der Waals surface area contributed by atoms with Crippen molar-refractivity contribution in [3.8, 4) is 0 Å². The molecule has 1 fully saturated rings. The number of aliphatic hydroxyl groups excluding tert-OH is 5. The smallest absolute Gasteiger partial charge is 0.305 e. The molecule has 89 heavy (non-hydrogen) atoms. The van der Waals surface area contributed by atoms with E-state index in [1.54, 1.807) is 6.08 Å². The van der Waals surface area contributed by atoms with Gasteiger partial charge in [0, 0.05) is 12.8 Å². The molecule has 7 unspecified atom stereocenters. The summed E-state index contributed by atoms with van der Waals surface area (Å²) in [5.41, 5.74) is 0. The van der Waals surface area contributed by atoms with Crippen LogP contribution in [0.1, 0.15) is 386 Å². The van der Waals surface area contributed by atoms with Gasteiger partial charge in [0.15, 0.2) is 6.29 Å². The van der Waals surface area contributed by atoms with Gasteiger partial charge in [0.1, 0.15) is 24.4 Å². The van der Waals surface area contributed by atoms with E-state index < -0.39 is 49.5 Å². The molecule has 0 radical (unpaired) electrons. The molecule has 6 N–H and O–H groups in total. The van der Waals surface area contributed by atoms with Crippen LogP contribution in [0.4, 0.5) is 0 Å². The summed E-state index contributed by atoms with van der Waals surface area (Å²) in [4.78, 5) is 25.1. The van der Waals surface area contributed by atoms with Gasteiger partial charge >= 0.3 is 5.97 Å². The Morgan fingerprint density at radius 3 is 1.11 bits per heavy atom. The number of rotatable bonds is 69. The lowest BCUT2D eigenvalue weighted by Crippen LogP contribution is -2.60. The van der Waals surface area contributed by atoms with Gasteiger partial charge in [0.05, 0.1) is 32.0 Å². The molecule has 0 saturated carbocycles. The summed E-state index contributed by atoms with van der Waals surface area (Å²) >= 11 is 0. The highest BCUT2D eigenvalue weighted by Gasteiger charge is 2.44. The SMILES string of the molecule is CCCC/C=C\CCCCCCCC(=O)OCCCCCCCCCCCCCCCCCCCC/C=C\CCCCCCCCCCCCCCCCCCCC(=O)NC(COC1OC(CO)C(O)C(O)C1O)C(O)/C=C/CCCCCCCCCCC. The number of hydrogen-bond acceptors (Lipinski definition) is 10. The normalized spacial score (nSPS) is 17.9. The summed E-state index contributed by atoms with van der Waals surface area (Å²) in [6, 6.07) is -0.806. The number of allylic oxidation sites excluding steroid dienone is 5. The fourth-order valence-electron chi connectivity index (χ4n) is 12.4. The molecule has 1 rings (SSSR count). The first-order chi connectivity index (χ1) is 43.7. The molecule has 7 atom stereocenters. The van der Waals surface area contributed by atoms with E-state index >= 15 is 0 Å². The maximum absolute atomic E-state index is 13.1. The highest BCUT2D eigenvalue weighted by Crippen LogP contribution is 2.24. The fraction of sp³-hybridized carbons (Fsp3) is 0.897. The number of carbonyl (C=O) groups excluding carboxylic acids is 2. The van der Waals surface area contributed by atoms with Gasteiger partial charge in [0.2, 0.25) is 5.91 Å². The number of aliphatic hydroxyl groups is 5. The minimum Gasteiger partial charge on any atom is -0.466 e. The molecule has 1 heterocycles. The Balaban J connectivity index is 1.88. The third kappa shape index (κ3) is 56.0. The molecular weight excluding hydrogens is 1110 g/mol. The Morgan fingerprint density at radius 1 is 0.404 bits per heavy atom. The standard InChI is InChI=1S/C78H147NO10/c1-3-5-7-9-11-13-44-48-52-56-60-64-71(81)70(69-88-78-77(86)76(85)75(84)72(68-80)89-78)79-73(82)65-61-57-53-49-46-42-40-38-36-34-32-30-28-26-24-22-20-18-16-15-17-19-21-23-25-27-29-31-33-35-37-39-41-43-47-51-55-59-63-67-87-74(83)66-62-58-54-50-45-14-12-10-8-6-4-2/h10,12,15-16,60,64,70-72,75-78,80-81,84-86H,3-9,11,13-14,17-59,61-63,65-69H2,1-2H3,(H,79,82)/b12-10-,16-15-,64-60+. The Labute approximate surface area is 549 Å². The molecule has 1 aliphatic heterocycles. The van der Waals surface area contributed by atoms with Crippen molar-refractivity contribution in [1.82, 2.24) is 5.32 Å². The van der Waals surface area contributed by atoms with Crippen LogP contribution in [0.2, 0.25) is 0 Å². The van der Waals surface area contributed by atoms with Gasteiger partial charge in [-0.3, -0.25) is 9.59 Å². The molecule has 1 amide bonds. The number of hydrogen-bond donors (Lipinski definition) is 6. The summed E-state index contributed by atoms with van der Waals surface area (Å²) in [7, 11) is 0. The number of carbonyl (C=O) groups is 2. The predicted molar refractivity (Wildman–Crippen MR) is 375 cm³/mol. The van der Waals surface area contributed by atoms with Gasteiger partial charge in [-0.15, -0.1) is 0 Å². The Kier molecular flexibility index (Phi) is 64.2. The zero-order valence-electron chi connectivity index (χ0n) is 58.4. The Morgan fingerprint density at radius 2 is 0.730 bits per heavy atom. The second-order valence-corrected chi connectivity index (χ2v) is 27.1. The van der Waals surface area contributed by atoms with Crippen LogP contribution in [-0.2, 0) is 23.8 Å². The van der Waals surface area contributed by atoms with Gasteiger partial charge < -0.3 is 45.1 Å². The van der Waals surface area contributed by atoms with Crippen LogP contribution in [0.15, 0.2) is 36.5 Å². The first kappa shape index (κ1) is 84.9. The second-order valence-electron chi connectivity index (χ2n) is 27.1. The van der Waals surface area contributed by atoms with Gasteiger partial charge in [-0.1, -0.05) is 333 Å². The quantitative estimate of drug-likeness (QED) is 0.0195. The second kappa shape index (κ2) is 67.3. The summed E-state index contributed by atoms with van der Waals surface area (Å²) in [6.45, 7) is 4.34. The monoisotopic (exact) mass is 1260 g/mol. The predicted octanol–water partition coefficient (Wildman–Crippen LogP) is 20.5. The zero-order chi connectivity index (χ0) is 64.4. The fourth-order valence-corrected chi connectivity index (χ4v) is 12.4.